The summed E-state index contributed by atoms with van der Waals surface area (Å²) in [7, 11) is 1.97. The zero-order valence-corrected chi connectivity index (χ0v) is 13.7. The highest BCUT2D eigenvalue weighted by atomic mass is 79.9. The van der Waals surface area contributed by atoms with Crippen molar-refractivity contribution in [3.63, 3.8) is 0 Å². The molecule has 0 aliphatic rings. The van der Waals surface area contributed by atoms with Crippen LogP contribution in [0, 0.1) is 6.92 Å². The minimum Gasteiger partial charge on any atom is -0.313 e. The molecule has 1 aromatic heterocycles. The average molecular weight is 343 g/mol. The largest absolute Gasteiger partial charge is 0.313 e. The first-order chi connectivity index (χ1) is 8.60. The third kappa shape index (κ3) is 3.35. The van der Waals surface area contributed by atoms with Gasteiger partial charge in [-0.1, -0.05) is 17.8 Å². The van der Waals surface area contributed by atoms with Gasteiger partial charge in [0.2, 0.25) is 0 Å². The fourth-order valence-corrected chi connectivity index (χ4v) is 3.95. The minimum absolute atomic E-state index is 0.363. The number of aromatic nitrogens is 1. The molecule has 0 saturated carbocycles. The summed E-state index contributed by atoms with van der Waals surface area (Å²) >= 11 is 7.03. The van der Waals surface area contributed by atoms with Gasteiger partial charge in [-0.15, -0.1) is 11.3 Å². The van der Waals surface area contributed by atoms with Crippen LogP contribution in [0.5, 0.6) is 0 Å². The fraction of sp³-hybridized carbons (Fsp3) is 0.308. The van der Waals surface area contributed by atoms with E-state index < -0.39 is 0 Å². The molecule has 0 amide bonds. The van der Waals surface area contributed by atoms with Crippen molar-refractivity contribution in [3.05, 3.63) is 39.3 Å². The minimum atomic E-state index is 0.363. The van der Waals surface area contributed by atoms with Gasteiger partial charge in [0, 0.05) is 26.5 Å². The molecular weight excluding hydrogens is 328 g/mol. The Kier molecular flexibility index (Phi) is 4.84. The van der Waals surface area contributed by atoms with Crippen LogP contribution in [0.1, 0.15) is 24.2 Å². The van der Waals surface area contributed by atoms with Crippen molar-refractivity contribution in [2.75, 3.05) is 7.05 Å². The molecule has 0 bridgehead atoms. The zero-order chi connectivity index (χ0) is 13.1. The van der Waals surface area contributed by atoms with Gasteiger partial charge in [-0.05, 0) is 54.5 Å². The predicted molar refractivity (Wildman–Crippen MR) is 82.6 cm³/mol. The highest BCUT2D eigenvalue weighted by Gasteiger charge is 2.09. The summed E-state index contributed by atoms with van der Waals surface area (Å²) < 4.78 is 2.21. The second-order valence-corrected chi connectivity index (χ2v) is 7.06. The topological polar surface area (TPSA) is 24.9 Å². The van der Waals surface area contributed by atoms with E-state index in [1.54, 1.807) is 23.1 Å². The van der Waals surface area contributed by atoms with Crippen LogP contribution in [0.2, 0.25) is 0 Å². The molecule has 0 fully saturated rings. The smallest absolute Gasteiger partial charge is 0.154 e. The molecule has 2 rings (SSSR count). The third-order valence-electron chi connectivity index (χ3n) is 2.68. The molecule has 1 aromatic carbocycles. The van der Waals surface area contributed by atoms with Crippen molar-refractivity contribution in [1.82, 2.24) is 10.3 Å². The molecular formula is C13H15BrN2S2. The van der Waals surface area contributed by atoms with E-state index in [0.717, 1.165) is 14.5 Å². The Morgan fingerprint density at radius 3 is 2.78 bits per heavy atom. The number of hydrogen-bond acceptors (Lipinski definition) is 4. The molecule has 96 valence electrons. The lowest BCUT2D eigenvalue weighted by Gasteiger charge is -2.12. The maximum Gasteiger partial charge on any atom is 0.154 e. The summed E-state index contributed by atoms with van der Waals surface area (Å²) in [5, 5.41) is 5.32. The molecule has 0 spiro atoms. The Morgan fingerprint density at radius 2 is 2.22 bits per heavy atom. The van der Waals surface area contributed by atoms with Crippen molar-refractivity contribution in [1.29, 1.82) is 0 Å². The summed E-state index contributed by atoms with van der Waals surface area (Å²) in [6, 6.07) is 6.84. The lowest BCUT2D eigenvalue weighted by atomic mass is 10.1. The summed E-state index contributed by atoms with van der Waals surface area (Å²) in [5.41, 5.74) is 2.36. The summed E-state index contributed by atoms with van der Waals surface area (Å²) in [4.78, 5) is 5.67. The number of rotatable bonds is 4. The zero-order valence-electron chi connectivity index (χ0n) is 10.5. The van der Waals surface area contributed by atoms with Gasteiger partial charge in [-0.3, -0.25) is 0 Å². The van der Waals surface area contributed by atoms with Crippen LogP contribution in [0.25, 0.3) is 0 Å². The van der Waals surface area contributed by atoms with E-state index in [9.17, 15) is 0 Å². The van der Waals surface area contributed by atoms with Gasteiger partial charge < -0.3 is 5.32 Å². The van der Waals surface area contributed by atoms with Gasteiger partial charge in [0.05, 0.1) is 0 Å². The van der Waals surface area contributed by atoms with E-state index in [1.165, 1.54) is 10.5 Å². The Labute approximate surface area is 124 Å². The first-order valence-electron chi connectivity index (χ1n) is 5.67. The van der Waals surface area contributed by atoms with E-state index in [2.05, 4.69) is 56.7 Å². The summed E-state index contributed by atoms with van der Waals surface area (Å²) in [5.74, 6) is 0. The molecule has 1 unspecified atom stereocenters. The van der Waals surface area contributed by atoms with Crippen LogP contribution < -0.4 is 5.32 Å². The number of halogens is 1. The first kappa shape index (κ1) is 14.1. The molecule has 5 heteroatoms. The normalized spacial score (nSPS) is 12.7. The second-order valence-electron chi connectivity index (χ2n) is 4.06. The highest BCUT2D eigenvalue weighted by molar-refractivity contribution is 9.10. The van der Waals surface area contributed by atoms with Crippen molar-refractivity contribution in [2.24, 2.45) is 0 Å². The number of hydrogen-bond donors (Lipinski definition) is 1. The monoisotopic (exact) mass is 342 g/mol. The standard InChI is InChI=1S/C13H15BrN2S2/c1-8-7-17-13(16-8)18-12-5-4-10(6-11(12)14)9(2)15-3/h4-7,9,15H,1-3H3. The highest BCUT2D eigenvalue weighted by Crippen LogP contribution is 2.36. The number of thiazole rings is 1. The fourth-order valence-electron chi connectivity index (χ4n) is 1.51. The Hall–Kier alpha value is -0.360. The molecule has 18 heavy (non-hydrogen) atoms. The average Bonchev–Trinajstić information content (AvgIpc) is 2.76. The van der Waals surface area contributed by atoms with Crippen molar-refractivity contribution in [3.8, 4) is 0 Å². The van der Waals surface area contributed by atoms with E-state index in [0.29, 0.717) is 6.04 Å². The van der Waals surface area contributed by atoms with Gasteiger partial charge in [0.25, 0.3) is 0 Å². The lowest BCUT2D eigenvalue weighted by molar-refractivity contribution is 0.651. The number of nitrogens with zero attached hydrogens (tertiary/aromatic N) is 1. The molecule has 1 atom stereocenters. The van der Waals surface area contributed by atoms with Crippen LogP contribution in [0.15, 0.2) is 37.3 Å². The van der Waals surface area contributed by atoms with E-state index in [4.69, 9.17) is 0 Å². The van der Waals surface area contributed by atoms with Crippen molar-refractivity contribution >= 4 is 39.0 Å². The van der Waals surface area contributed by atoms with E-state index in [1.807, 2.05) is 14.0 Å². The van der Waals surface area contributed by atoms with Gasteiger partial charge >= 0.3 is 0 Å². The van der Waals surface area contributed by atoms with Gasteiger partial charge in [0.1, 0.15) is 0 Å². The van der Waals surface area contributed by atoms with E-state index in [-0.39, 0.29) is 0 Å². The molecule has 2 aromatic rings. The lowest BCUT2D eigenvalue weighted by Crippen LogP contribution is -2.12. The van der Waals surface area contributed by atoms with Crippen LogP contribution in [-0.4, -0.2) is 12.0 Å². The van der Waals surface area contributed by atoms with Gasteiger partial charge in [0.15, 0.2) is 4.34 Å². The van der Waals surface area contributed by atoms with E-state index >= 15 is 0 Å². The number of aryl methyl sites for hydroxylation is 1. The maximum atomic E-state index is 4.47. The van der Waals surface area contributed by atoms with Crippen LogP contribution in [0.3, 0.4) is 0 Å². The molecule has 0 saturated heterocycles. The maximum absolute atomic E-state index is 4.47. The molecule has 0 aliphatic carbocycles. The Morgan fingerprint density at radius 1 is 1.44 bits per heavy atom. The molecule has 1 N–H and O–H groups in total. The van der Waals surface area contributed by atoms with Crippen molar-refractivity contribution in [2.45, 2.75) is 29.1 Å². The number of benzene rings is 1. The van der Waals surface area contributed by atoms with Crippen LogP contribution in [0.4, 0.5) is 0 Å². The molecule has 1 heterocycles. The molecule has 2 nitrogen and oxygen atoms in total. The molecule has 0 aliphatic heterocycles. The van der Waals surface area contributed by atoms with Crippen LogP contribution in [-0.2, 0) is 0 Å². The predicted octanol–water partition coefficient (Wildman–Crippen LogP) is 4.65. The Bertz CT molecular complexity index is 540. The van der Waals surface area contributed by atoms with Gasteiger partial charge in [-0.25, -0.2) is 4.98 Å². The summed E-state index contributed by atoms with van der Waals surface area (Å²) in [6.07, 6.45) is 0. The number of nitrogens with one attached hydrogen (secondary N) is 1. The van der Waals surface area contributed by atoms with Crippen molar-refractivity contribution < 1.29 is 0 Å². The third-order valence-corrected chi connectivity index (χ3v) is 5.74. The van der Waals surface area contributed by atoms with Gasteiger partial charge in [-0.2, -0.15) is 0 Å². The SMILES string of the molecule is CNC(C)c1ccc(Sc2nc(C)cs2)c(Br)c1. The molecule has 0 radical (unpaired) electrons. The quantitative estimate of drug-likeness (QED) is 0.875. The first-order valence-corrected chi connectivity index (χ1v) is 8.15. The van der Waals surface area contributed by atoms with Crippen LogP contribution >= 0.6 is 39.0 Å². The summed E-state index contributed by atoms with van der Waals surface area (Å²) in [6.45, 7) is 4.17. The Balaban J connectivity index is 2.19. The second kappa shape index (κ2) is 6.19.